The van der Waals surface area contributed by atoms with Gasteiger partial charge in [0.05, 0.1) is 5.52 Å². The SMILES string of the molecule is C1=CC2=CC(c3c4c(c(-c5ccc6ccccc6c5)c5ccccc35)C=C(C3C=CC(n5c6c(c7ccccc75)C=C(c5c7c(c(C8=Cc9ccccc9CC8)c8ccccc58)=CCCC=7)CC6)=CC3)CC4)=CCC2C=C1. The van der Waals surface area contributed by atoms with E-state index in [1.165, 1.54) is 149 Å². The van der Waals surface area contributed by atoms with E-state index in [4.69, 9.17) is 0 Å². The van der Waals surface area contributed by atoms with Crippen LogP contribution in [-0.2, 0) is 19.3 Å². The molecule has 2 unspecified atom stereocenters. The molecule has 0 saturated carbocycles. The Balaban J connectivity index is 0.787. The Morgan fingerprint density at radius 1 is 0.442 bits per heavy atom. The molecule has 9 aromatic rings. The first-order valence-corrected chi connectivity index (χ1v) is 28.5. The quantitative estimate of drug-likeness (QED) is 0.156. The van der Waals surface area contributed by atoms with Gasteiger partial charge in [0.15, 0.2) is 0 Å². The van der Waals surface area contributed by atoms with Crippen molar-refractivity contribution in [3.8, 4) is 11.1 Å². The summed E-state index contributed by atoms with van der Waals surface area (Å²) in [5, 5.41) is 12.3. The lowest BCUT2D eigenvalue weighted by Gasteiger charge is -2.30. The van der Waals surface area contributed by atoms with Crippen LogP contribution >= 0.6 is 0 Å². The molecule has 77 heavy (non-hydrogen) atoms. The van der Waals surface area contributed by atoms with Crippen molar-refractivity contribution >= 4 is 96.0 Å². The first-order valence-electron chi connectivity index (χ1n) is 28.5. The first kappa shape index (κ1) is 44.7. The fourth-order valence-electron chi connectivity index (χ4n) is 14.8. The smallest absolute Gasteiger partial charge is 0.0537 e. The number of hydrogen-bond acceptors (Lipinski definition) is 0. The molecule has 0 fully saturated rings. The van der Waals surface area contributed by atoms with E-state index in [1.54, 1.807) is 0 Å². The fraction of sp³-hybridized carbons (Fsp3) is 0.158. The Hall–Kier alpha value is -8.52. The molecule has 16 rings (SSSR count). The normalized spacial score (nSPS) is 19.2. The van der Waals surface area contributed by atoms with Crippen molar-refractivity contribution < 1.29 is 0 Å². The summed E-state index contributed by atoms with van der Waals surface area (Å²) in [6, 6.07) is 52.6. The minimum Gasteiger partial charge on any atom is -0.313 e. The molecule has 0 radical (unpaired) electrons. The average molecular weight is 986 g/mol. The Bertz CT molecular complexity index is 4500. The second-order valence-electron chi connectivity index (χ2n) is 22.5. The van der Waals surface area contributed by atoms with E-state index in [2.05, 4.69) is 229 Å². The summed E-state index contributed by atoms with van der Waals surface area (Å²) in [6.07, 6.45) is 44.9. The lowest BCUT2D eigenvalue weighted by Crippen LogP contribution is -2.34. The molecule has 0 N–H and O–H groups in total. The maximum absolute atomic E-state index is 2.63. The predicted molar refractivity (Wildman–Crippen MR) is 329 cm³/mol. The van der Waals surface area contributed by atoms with Gasteiger partial charge >= 0.3 is 0 Å². The third kappa shape index (κ3) is 7.27. The third-order valence-corrected chi connectivity index (χ3v) is 18.4. The molecule has 1 aromatic heterocycles. The molecule has 0 bridgehead atoms. The second-order valence-corrected chi connectivity index (χ2v) is 22.5. The Kier molecular flexibility index (Phi) is 10.5. The number of aryl methyl sites for hydroxylation is 1. The van der Waals surface area contributed by atoms with Gasteiger partial charge in [0, 0.05) is 34.2 Å². The van der Waals surface area contributed by atoms with Gasteiger partial charge in [-0.05, 0) is 204 Å². The van der Waals surface area contributed by atoms with Crippen LogP contribution in [0.1, 0.15) is 95.1 Å². The molecule has 8 aromatic carbocycles. The number of hydrogen-bond donors (Lipinski definition) is 0. The molecule has 368 valence electrons. The Labute approximate surface area is 451 Å². The summed E-state index contributed by atoms with van der Waals surface area (Å²) in [5.41, 5.74) is 25.4. The molecule has 0 aliphatic heterocycles. The van der Waals surface area contributed by atoms with Crippen molar-refractivity contribution in [1.82, 2.24) is 4.57 Å². The Morgan fingerprint density at radius 2 is 1.13 bits per heavy atom. The standard InChI is InChI=1S/C76H59N/c1-4-18-52-43-56(32-29-48(52)15-1)73-62-22-7-9-24-64(62)75(65-25-10-8-23-63(65)73)59-38-42-72-69(47-59)61-21-13-14-28-71(61)77(72)60-39-35-51(36-40-60)55-37-41-68-70(46-55)76(58-34-31-50-17-3-6-20-54(50)45-58)67-27-12-11-26-66(67)74(68)57-33-30-49-16-2-5-19-53(49)44-57/h1-7,9,11-28,31,33-35,39-40,43-47,49,51H,8,10,29-30,32,36-38,41-42H2. The highest BCUT2D eigenvalue weighted by Gasteiger charge is 2.30. The van der Waals surface area contributed by atoms with Gasteiger partial charge in [-0.25, -0.2) is 0 Å². The van der Waals surface area contributed by atoms with Crippen LogP contribution < -0.4 is 10.4 Å². The van der Waals surface area contributed by atoms with Crippen LogP contribution in [0.15, 0.2) is 205 Å². The molecule has 7 aliphatic rings. The van der Waals surface area contributed by atoms with Crippen molar-refractivity contribution in [2.75, 3.05) is 0 Å². The van der Waals surface area contributed by atoms with E-state index >= 15 is 0 Å². The summed E-state index contributed by atoms with van der Waals surface area (Å²) in [7, 11) is 0. The topological polar surface area (TPSA) is 4.93 Å². The van der Waals surface area contributed by atoms with Crippen LogP contribution in [0.25, 0.3) is 107 Å². The molecule has 2 atom stereocenters. The van der Waals surface area contributed by atoms with Gasteiger partial charge in [0.1, 0.15) is 0 Å². The first-order chi connectivity index (χ1) is 38.2. The molecule has 0 saturated heterocycles. The maximum atomic E-state index is 2.63. The van der Waals surface area contributed by atoms with Crippen LogP contribution in [0, 0.1) is 11.8 Å². The number of aromatic nitrogens is 1. The van der Waals surface area contributed by atoms with Crippen LogP contribution in [0.5, 0.6) is 0 Å². The van der Waals surface area contributed by atoms with Gasteiger partial charge in [-0.15, -0.1) is 0 Å². The fourth-order valence-corrected chi connectivity index (χ4v) is 14.8. The summed E-state index contributed by atoms with van der Waals surface area (Å²) in [5.74, 6) is 0.797. The van der Waals surface area contributed by atoms with Gasteiger partial charge in [-0.3, -0.25) is 0 Å². The highest BCUT2D eigenvalue weighted by Crippen LogP contribution is 2.49. The molecule has 1 nitrogen and oxygen atoms in total. The number of benzene rings is 8. The molecule has 0 spiro atoms. The van der Waals surface area contributed by atoms with Gasteiger partial charge in [0.2, 0.25) is 0 Å². The third-order valence-electron chi connectivity index (χ3n) is 18.4. The predicted octanol–water partition coefficient (Wildman–Crippen LogP) is 18.0. The zero-order chi connectivity index (χ0) is 50.6. The van der Waals surface area contributed by atoms with Crippen LogP contribution in [0.4, 0.5) is 0 Å². The Morgan fingerprint density at radius 3 is 1.94 bits per heavy atom. The molecule has 1 heteroatoms. The molecule has 7 aliphatic carbocycles. The van der Waals surface area contributed by atoms with Crippen molar-refractivity contribution in [2.45, 2.75) is 64.2 Å². The van der Waals surface area contributed by atoms with Crippen LogP contribution in [0.3, 0.4) is 0 Å². The summed E-state index contributed by atoms with van der Waals surface area (Å²) >= 11 is 0. The highest BCUT2D eigenvalue weighted by molar-refractivity contribution is 6.11. The summed E-state index contributed by atoms with van der Waals surface area (Å²) in [6.45, 7) is 0. The van der Waals surface area contributed by atoms with Crippen molar-refractivity contribution in [1.29, 1.82) is 0 Å². The lowest BCUT2D eigenvalue weighted by atomic mass is 9.74. The van der Waals surface area contributed by atoms with E-state index in [0.717, 1.165) is 64.2 Å². The number of nitrogens with zero attached hydrogens (tertiary/aromatic N) is 1. The number of rotatable bonds is 6. The second kappa shape index (κ2) is 18.1. The van der Waals surface area contributed by atoms with Gasteiger partial charge in [-0.1, -0.05) is 206 Å². The average Bonchev–Trinajstić information content (AvgIpc) is 4.00. The molecular formula is C76H59N. The van der Waals surface area contributed by atoms with Gasteiger partial charge in [-0.2, -0.15) is 0 Å². The molecule has 0 amide bonds. The number of para-hydroxylation sites is 1. The van der Waals surface area contributed by atoms with E-state index < -0.39 is 0 Å². The minimum absolute atomic E-state index is 0.334. The summed E-state index contributed by atoms with van der Waals surface area (Å²) in [4.78, 5) is 0. The van der Waals surface area contributed by atoms with Crippen molar-refractivity contribution in [3.05, 3.63) is 266 Å². The van der Waals surface area contributed by atoms with E-state index in [0.29, 0.717) is 11.8 Å². The minimum atomic E-state index is 0.334. The van der Waals surface area contributed by atoms with E-state index in [-0.39, 0.29) is 0 Å². The maximum Gasteiger partial charge on any atom is 0.0537 e. The monoisotopic (exact) mass is 985 g/mol. The van der Waals surface area contributed by atoms with Crippen molar-refractivity contribution in [2.24, 2.45) is 11.8 Å². The zero-order valence-corrected chi connectivity index (χ0v) is 43.5. The van der Waals surface area contributed by atoms with Gasteiger partial charge < -0.3 is 4.57 Å². The number of fused-ring (bicyclic) bond motifs is 10. The van der Waals surface area contributed by atoms with Crippen LogP contribution in [-0.4, -0.2) is 4.57 Å². The van der Waals surface area contributed by atoms with Crippen molar-refractivity contribution in [3.63, 3.8) is 0 Å². The van der Waals surface area contributed by atoms with E-state index in [9.17, 15) is 0 Å². The van der Waals surface area contributed by atoms with Crippen LogP contribution in [0.2, 0.25) is 0 Å². The highest BCUT2D eigenvalue weighted by atomic mass is 15.0. The summed E-state index contributed by atoms with van der Waals surface area (Å²) < 4.78 is 2.61. The largest absolute Gasteiger partial charge is 0.313 e. The number of allylic oxidation sites excluding steroid dienone is 15. The lowest BCUT2D eigenvalue weighted by molar-refractivity contribution is 0.709. The van der Waals surface area contributed by atoms with Gasteiger partial charge in [0.25, 0.3) is 0 Å². The molecule has 1 heterocycles. The zero-order valence-electron chi connectivity index (χ0n) is 43.5. The van der Waals surface area contributed by atoms with E-state index in [1.807, 2.05) is 0 Å². The molecular weight excluding hydrogens is 927 g/mol.